The molecule has 1 heterocycles. The Kier molecular flexibility index (Phi) is 6.27. The number of hydrogen-bond donors (Lipinski definition) is 0. The van der Waals surface area contributed by atoms with Crippen LogP contribution < -0.4 is 4.74 Å². The van der Waals surface area contributed by atoms with Crippen LogP contribution in [0.3, 0.4) is 0 Å². The number of halogens is 2. The fourth-order valence-corrected chi connectivity index (χ4v) is 2.81. The second kappa shape index (κ2) is 9.05. The summed E-state index contributed by atoms with van der Waals surface area (Å²) in [6.07, 6.45) is 2.53. The smallest absolute Gasteiger partial charge is 0.331 e. The van der Waals surface area contributed by atoms with Crippen LogP contribution >= 0.6 is 11.3 Å². The van der Waals surface area contributed by atoms with Crippen molar-refractivity contribution in [1.82, 2.24) is 4.98 Å². The van der Waals surface area contributed by atoms with E-state index >= 15 is 0 Å². The van der Waals surface area contributed by atoms with E-state index in [-0.39, 0.29) is 19.0 Å². The standard InChI is InChI=1S/C20H15F2NO3S/c21-15-6-8-17(9-7-15)25-12-19-23-16(13-27-19)11-26-20(24)10-5-14-3-1-2-4-18(14)22/h1-10,13H,11-12H2/b10-5+. The van der Waals surface area contributed by atoms with E-state index in [1.54, 1.807) is 23.6 Å². The van der Waals surface area contributed by atoms with Crippen LogP contribution in [0.5, 0.6) is 5.75 Å². The minimum atomic E-state index is -0.588. The van der Waals surface area contributed by atoms with Crippen molar-refractivity contribution >= 4 is 23.4 Å². The predicted molar refractivity (Wildman–Crippen MR) is 98.1 cm³/mol. The molecule has 0 radical (unpaired) electrons. The van der Waals surface area contributed by atoms with E-state index in [1.165, 1.54) is 53.8 Å². The van der Waals surface area contributed by atoms with E-state index in [0.29, 0.717) is 22.0 Å². The highest BCUT2D eigenvalue weighted by molar-refractivity contribution is 7.09. The van der Waals surface area contributed by atoms with Crippen molar-refractivity contribution < 1.29 is 23.0 Å². The van der Waals surface area contributed by atoms with Gasteiger partial charge in [-0.1, -0.05) is 18.2 Å². The molecule has 0 saturated heterocycles. The van der Waals surface area contributed by atoms with Crippen molar-refractivity contribution in [2.45, 2.75) is 13.2 Å². The maximum atomic E-state index is 13.5. The second-order valence-electron chi connectivity index (χ2n) is 5.44. The largest absolute Gasteiger partial charge is 0.486 e. The molecule has 0 unspecified atom stereocenters. The molecule has 3 aromatic rings. The van der Waals surface area contributed by atoms with Crippen LogP contribution in [0.25, 0.3) is 6.08 Å². The molecule has 0 saturated carbocycles. The molecule has 0 bridgehead atoms. The Morgan fingerprint density at radius 2 is 1.85 bits per heavy atom. The summed E-state index contributed by atoms with van der Waals surface area (Å²) in [6, 6.07) is 11.8. The molecule has 0 amide bonds. The molecule has 0 aliphatic rings. The number of esters is 1. The van der Waals surface area contributed by atoms with Crippen molar-refractivity contribution in [3.63, 3.8) is 0 Å². The zero-order chi connectivity index (χ0) is 19.1. The van der Waals surface area contributed by atoms with Gasteiger partial charge in [0.05, 0.1) is 5.69 Å². The number of hydrogen-bond acceptors (Lipinski definition) is 5. The predicted octanol–water partition coefficient (Wildman–Crippen LogP) is 4.76. The molecule has 0 aliphatic heterocycles. The van der Waals surface area contributed by atoms with Crippen molar-refractivity contribution in [1.29, 1.82) is 0 Å². The van der Waals surface area contributed by atoms with Gasteiger partial charge < -0.3 is 9.47 Å². The number of nitrogens with zero attached hydrogens (tertiary/aromatic N) is 1. The lowest BCUT2D eigenvalue weighted by Crippen LogP contribution is -2.02. The van der Waals surface area contributed by atoms with Gasteiger partial charge in [-0.3, -0.25) is 0 Å². The Balaban J connectivity index is 1.47. The Morgan fingerprint density at radius 3 is 2.63 bits per heavy atom. The quantitative estimate of drug-likeness (QED) is 0.433. The van der Waals surface area contributed by atoms with Gasteiger partial charge in [0.25, 0.3) is 0 Å². The number of aromatic nitrogens is 1. The molecule has 0 fully saturated rings. The van der Waals surface area contributed by atoms with Crippen LogP contribution in [-0.4, -0.2) is 11.0 Å². The number of benzene rings is 2. The number of thiazole rings is 1. The molecular weight excluding hydrogens is 372 g/mol. The van der Waals surface area contributed by atoms with Gasteiger partial charge in [-0.05, 0) is 36.4 Å². The maximum Gasteiger partial charge on any atom is 0.331 e. The summed E-state index contributed by atoms with van der Waals surface area (Å²) in [7, 11) is 0. The molecule has 27 heavy (non-hydrogen) atoms. The minimum Gasteiger partial charge on any atom is -0.486 e. The molecular formula is C20H15F2NO3S. The van der Waals surface area contributed by atoms with E-state index in [1.807, 2.05) is 0 Å². The van der Waals surface area contributed by atoms with Gasteiger partial charge in [0.15, 0.2) is 0 Å². The van der Waals surface area contributed by atoms with Crippen LogP contribution in [-0.2, 0) is 22.7 Å². The second-order valence-corrected chi connectivity index (χ2v) is 6.38. The van der Waals surface area contributed by atoms with E-state index in [2.05, 4.69) is 4.98 Å². The first-order valence-corrected chi connectivity index (χ1v) is 8.89. The highest BCUT2D eigenvalue weighted by atomic mass is 32.1. The Bertz CT molecular complexity index is 938. The summed E-state index contributed by atoms with van der Waals surface area (Å²) in [6.45, 7) is 0.241. The highest BCUT2D eigenvalue weighted by Gasteiger charge is 2.06. The summed E-state index contributed by atoms with van der Waals surface area (Å²) in [4.78, 5) is 16.0. The normalized spacial score (nSPS) is 10.9. The van der Waals surface area contributed by atoms with E-state index in [0.717, 1.165) is 0 Å². The van der Waals surface area contributed by atoms with Crippen molar-refractivity contribution in [2.24, 2.45) is 0 Å². The first-order valence-electron chi connectivity index (χ1n) is 8.01. The molecule has 7 heteroatoms. The molecule has 2 aromatic carbocycles. The Morgan fingerprint density at radius 1 is 1.07 bits per heavy atom. The molecule has 3 rings (SSSR count). The molecule has 4 nitrogen and oxygen atoms in total. The van der Waals surface area contributed by atoms with Gasteiger partial charge in [-0.15, -0.1) is 11.3 Å². The highest BCUT2D eigenvalue weighted by Crippen LogP contribution is 2.16. The third-order valence-electron chi connectivity index (χ3n) is 3.44. The first kappa shape index (κ1) is 18.7. The van der Waals surface area contributed by atoms with Crippen LogP contribution in [0.15, 0.2) is 60.0 Å². The van der Waals surface area contributed by atoms with Crippen molar-refractivity contribution in [3.05, 3.63) is 87.9 Å². The van der Waals surface area contributed by atoms with Crippen molar-refractivity contribution in [2.75, 3.05) is 0 Å². The van der Waals surface area contributed by atoms with Crippen LogP contribution in [0, 0.1) is 11.6 Å². The number of carbonyl (C=O) groups is 1. The van der Waals surface area contributed by atoms with Crippen LogP contribution in [0.4, 0.5) is 8.78 Å². The molecule has 138 valence electrons. The average molecular weight is 387 g/mol. The summed E-state index contributed by atoms with van der Waals surface area (Å²) in [5.41, 5.74) is 0.897. The zero-order valence-electron chi connectivity index (χ0n) is 14.1. The zero-order valence-corrected chi connectivity index (χ0v) is 14.9. The lowest BCUT2D eigenvalue weighted by molar-refractivity contribution is -0.139. The lowest BCUT2D eigenvalue weighted by atomic mass is 10.2. The van der Waals surface area contributed by atoms with E-state index in [4.69, 9.17) is 9.47 Å². The third-order valence-corrected chi connectivity index (χ3v) is 4.31. The molecule has 0 spiro atoms. The van der Waals surface area contributed by atoms with Gasteiger partial charge in [0.1, 0.15) is 35.6 Å². The van der Waals surface area contributed by atoms with Crippen LogP contribution in [0.2, 0.25) is 0 Å². The fraction of sp³-hybridized carbons (Fsp3) is 0.100. The Hall–Kier alpha value is -3.06. The molecule has 1 aromatic heterocycles. The third kappa shape index (κ3) is 5.72. The fourth-order valence-electron chi connectivity index (χ4n) is 2.12. The van der Waals surface area contributed by atoms with Gasteiger partial charge in [0.2, 0.25) is 0 Å². The summed E-state index contributed by atoms with van der Waals surface area (Å²) >= 11 is 1.37. The lowest BCUT2D eigenvalue weighted by Gasteiger charge is -2.03. The summed E-state index contributed by atoms with van der Waals surface area (Å²) < 4.78 is 36.9. The first-order chi connectivity index (χ1) is 13.1. The monoisotopic (exact) mass is 387 g/mol. The van der Waals surface area contributed by atoms with Gasteiger partial charge in [-0.2, -0.15) is 0 Å². The van der Waals surface area contributed by atoms with Gasteiger partial charge >= 0.3 is 5.97 Å². The SMILES string of the molecule is O=C(/C=C/c1ccccc1F)OCc1csc(COc2ccc(F)cc2)n1. The van der Waals surface area contributed by atoms with E-state index in [9.17, 15) is 13.6 Å². The summed E-state index contributed by atoms with van der Waals surface area (Å²) in [5, 5.41) is 2.46. The number of rotatable bonds is 7. The maximum absolute atomic E-state index is 13.5. The van der Waals surface area contributed by atoms with Crippen molar-refractivity contribution in [3.8, 4) is 5.75 Å². The van der Waals surface area contributed by atoms with E-state index < -0.39 is 11.8 Å². The molecule has 0 N–H and O–H groups in total. The van der Waals surface area contributed by atoms with Gasteiger partial charge in [-0.25, -0.2) is 18.6 Å². The van der Waals surface area contributed by atoms with Gasteiger partial charge in [0, 0.05) is 17.0 Å². The average Bonchev–Trinajstić information content (AvgIpc) is 3.13. The number of carbonyl (C=O) groups excluding carboxylic acids is 1. The molecule has 0 atom stereocenters. The number of ether oxygens (including phenoxy) is 2. The molecule has 0 aliphatic carbocycles. The summed E-state index contributed by atoms with van der Waals surface area (Å²) in [5.74, 6) is -0.787. The van der Waals surface area contributed by atoms with Crippen LogP contribution in [0.1, 0.15) is 16.3 Å². The Labute approximate surface area is 158 Å². The minimum absolute atomic E-state index is 0.00743. The topological polar surface area (TPSA) is 48.4 Å².